The summed E-state index contributed by atoms with van der Waals surface area (Å²) in [7, 11) is 0. The van der Waals surface area contributed by atoms with Gasteiger partial charge in [0, 0.05) is 87.5 Å². The van der Waals surface area contributed by atoms with Crippen LogP contribution in [0.5, 0.6) is 0 Å². The highest BCUT2D eigenvalue weighted by Crippen LogP contribution is 2.30. The van der Waals surface area contributed by atoms with Crippen molar-refractivity contribution >= 4 is 29.3 Å². The number of urea groups is 1. The Balaban J connectivity index is 1.09. The number of anilines is 4. The number of pyridine rings is 2. The molecular weight excluding hydrogens is 544 g/mol. The van der Waals surface area contributed by atoms with E-state index in [0.717, 1.165) is 64.2 Å². The van der Waals surface area contributed by atoms with Gasteiger partial charge in [0.2, 0.25) is 11.9 Å². The van der Waals surface area contributed by atoms with E-state index in [9.17, 15) is 4.79 Å². The lowest BCUT2D eigenvalue weighted by atomic mass is 10.2. The summed E-state index contributed by atoms with van der Waals surface area (Å²) >= 11 is 0. The molecule has 0 aliphatic carbocycles. The number of benzene rings is 1. The zero-order valence-electron chi connectivity index (χ0n) is 23.8. The molecule has 2 bridgehead atoms. The molecular formula is C31H34N10O2. The van der Waals surface area contributed by atoms with E-state index in [1.807, 2.05) is 42.7 Å². The number of carbonyl (C=O) groups excluding carboxylic acids is 1. The van der Waals surface area contributed by atoms with Gasteiger partial charge in [-0.3, -0.25) is 14.9 Å². The molecule has 0 radical (unpaired) electrons. The van der Waals surface area contributed by atoms with Crippen molar-refractivity contribution in [3.63, 3.8) is 0 Å². The minimum Gasteiger partial charge on any atom is -0.371 e. The first-order valence-electron chi connectivity index (χ1n) is 14.8. The molecule has 3 saturated heterocycles. The fourth-order valence-corrected chi connectivity index (χ4v) is 5.83. The van der Waals surface area contributed by atoms with Gasteiger partial charge in [0.15, 0.2) is 5.82 Å². The third kappa shape index (κ3) is 6.55. The Morgan fingerprint density at radius 1 is 0.767 bits per heavy atom. The van der Waals surface area contributed by atoms with Crippen LogP contribution < -0.4 is 20.4 Å². The van der Waals surface area contributed by atoms with Crippen LogP contribution in [0, 0.1) is 0 Å². The summed E-state index contributed by atoms with van der Waals surface area (Å²) in [6, 6.07) is 14.8. The number of hydrogen-bond acceptors (Lipinski definition) is 10. The molecule has 12 heteroatoms. The van der Waals surface area contributed by atoms with Gasteiger partial charge in [0.25, 0.3) is 0 Å². The quantitative estimate of drug-likeness (QED) is 0.336. The predicted octanol–water partition coefficient (Wildman–Crippen LogP) is 3.66. The number of amides is 2. The minimum absolute atomic E-state index is 0.224. The van der Waals surface area contributed by atoms with Crippen molar-refractivity contribution in [2.75, 3.05) is 59.7 Å². The van der Waals surface area contributed by atoms with Crippen molar-refractivity contribution in [2.24, 2.45) is 0 Å². The van der Waals surface area contributed by atoms with Crippen molar-refractivity contribution in [1.29, 1.82) is 0 Å². The molecule has 220 valence electrons. The number of fused-ring (bicyclic) bond motifs is 2. The number of rotatable bonds is 7. The number of nitrogens with zero attached hydrogens (tertiary/aromatic N) is 8. The zero-order chi connectivity index (χ0) is 29.0. The number of hydrogen-bond donors (Lipinski definition) is 2. The third-order valence-corrected chi connectivity index (χ3v) is 8.06. The highest BCUT2D eigenvalue weighted by atomic mass is 16.5. The molecule has 4 aromatic rings. The average Bonchev–Trinajstić information content (AvgIpc) is 3.39. The van der Waals surface area contributed by atoms with Crippen molar-refractivity contribution in [1.82, 2.24) is 29.8 Å². The maximum absolute atomic E-state index is 12.5. The van der Waals surface area contributed by atoms with Crippen LogP contribution in [0.1, 0.15) is 18.4 Å². The Bertz CT molecular complexity index is 1520. The number of piperazine rings is 1. The number of ether oxygens (including phenoxy) is 1. The second-order valence-electron chi connectivity index (χ2n) is 11.1. The molecule has 7 rings (SSSR count). The van der Waals surface area contributed by atoms with Gasteiger partial charge in [-0.2, -0.15) is 15.0 Å². The van der Waals surface area contributed by atoms with E-state index in [0.29, 0.717) is 29.1 Å². The highest BCUT2D eigenvalue weighted by molar-refractivity contribution is 5.99. The van der Waals surface area contributed by atoms with Crippen LogP contribution in [0.15, 0.2) is 73.3 Å². The van der Waals surface area contributed by atoms with Crippen LogP contribution >= 0.6 is 0 Å². The molecule has 43 heavy (non-hydrogen) atoms. The highest BCUT2D eigenvalue weighted by Gasteiger charge is 2.35. The van der Waals surface area contributed by atoms with Gasteiger partial charge in [-0.05, 0) is 60.9 Å². The SMILES string of the molecule is O=C(Nc1ccncc1)Nc1ccc(-c2nc(N3CCN(Cc4cccnc4)CC3)nc(N3CC4CCC(C3)O4)n2)cc1. The Kier molecular flexibility index (Phi) is 7.76. The zero-order valence-corrected chi connectivity index (χ0v) is 23.8. The van der Waals surface area contributed by atoms with Crippen molar-refractivity contribution in [3.05, 3.63) is 78.9 Å². The van der Waals surface area contributed by atoms with Crippen LogP contribution in [0.25, 0.3) is 11.4 Å². The van der Waals surface area contributed by atoms with E-state index in [4.69, 9.17) is 19.7 Å². The molecule has 3 aliphatic rings. The molecule has 2 unspecified atom stereocenters. The maximum atomic E-state index is 12.5. The van der Waals surface area contributed by atoms with Gasteiger partial charge in [0.05, 0.1) is 12.2 Å². The largest absolute Gasteiger partial charge is 0.371 e. The van der Waals surface area contributed by atoms with E-state index in [1.54, 1.807) is 24.5 Å². The fourth-order valence-electron chi connectivity index (χ4n) is 5.83. The molecule has 1 aromatic carbocycles. The van der Waals surface area contributed by atoms with Gasteiger partial charge in [-0.1, -0.05) is 6.07 Å². The second kappa shape index (κ2) is 12.3. The molecule has 0 saturated carbocycles. The summed E-state index contributed by atoms with van der Waals surface area (Å²) in [5.41, 5.74) is 3.41. The molecule has 6 heterocycles. The summed E-state index contributed by atoms with van der Waals surface area (Å²) in [6.07, 6.45) is 9.60. The number of carbonyl (C=O) groups is 1. The number of morpholine rings is 1. The van der Waals surface area contributed by atoms with Crippen LogP contribution in [0.3, 0.4) is 0 Å². The van der Waals surface area contributed by atoms with Gasteiger partial charge < -0.3 is 25.2 Å². The fraction of sp³-hybridized carbons (Fsp3) is 0.355. The normalized spacial score (nSPS) is 20.2. The topological polar surface area (TPSA) is 125 Å². The molecule has 2 amide bonds. The van der Waals surface area contributed by atoms with Crippen LogP contribution in [0.2, 0.25) is 0 Å². The van der Waals surface area contributed by atoms with Gasteiger partial charge >= 0.3 is 6.03 Å². The summed E-state index contributed by atoms with van der Waals surface area (Å²) in [6.45, 7) is 5.93. The number of aromatic nitrogens is 5. The lowest BCUT2D eigenvalue weighted by Gasteiger charge is -2.36. The monoisotopic (exact) mass is 578 g/mol. The summed E-state index contributed by atoms with van der Waals surface area (Å²) in [4.78, 5) is 42.5. The summed E-state index contributed by atoms with van der Waals surface area (Å²) in [5, 5.41) is 5.67. The first-order chi connectivity index (χ1) is 21.1. The predicted molar refractivity (Wildman–Crippen MR) is 164 cm³/mol. The molecule has 2 N–H and O–H groups in total. The van der Waals surface area contributed by atoms with E-state index in [-0.39, 0.29) is 18.2 Å². The first-order valence-corrected chi connectivity index (χ1v) is 14.8. The molecule has 12 nitrogen and oxygen atoms in total. The van der Waals surface area contributed by atoms with Crippen molar-refractivity contribution in [2.45, 2.75) is 31.6 Å². The van der Waals surface area contributed by atoms with E-state index < -0.39 is 0 Å². The maximum Gasteiger partial charge on any atom is 0.323 e. The molecule has 3 aliphatic heterocycles. The Morgan fingerprint density at radius 2 is 1.44 bits per heavy atom. The van der Waals surface area contributed by atoms with Gasteiger partial charge in [0.1, 0.15) is 0 Å². The third-order valence-electron chi connectivity index (χ3n) is 8.06. The molecule has 3 aromatic heterocycles. The van der Waals surface area contributed by atoms with E-state index >= 15 is 0 Å². The van der Waals surface area contributed by atoms with Crippen LogP contribution in [-0.4, -0.2) is 87.3 Å². The average molecular weight is 579 g/mol. The minimum atomic E-state index is -0.326. The lowest BCUT2D eigenvalue weighted by Crippen LogP contribution is -2.47. The van der Waals surface area contributed by atoms with Crippen molar-refractivity contribution in [3.8, 4) is 11.4 Å². The van der Waals surface area contributed by atoms with Crippen LogP contribution in [0.4, 0.5) is 28.1 Å². The summed E-state index contributed by atoms with van der Waals surface area (Å²) < 4.78 is 6.08. The van der Waals surface area contributed by atoms with Crippen LogP contribution in [-0.2, 0) is 11.3 Å². The Hall–Kier alpha value is -4.68. The lowest BCUT2D eigenvalue weighted by molar-refractivity contribution is 0.0299. The Morgan fingerprint density at radius 3 is 2.12 bits per heavy atom. The smallest absolute Gasteiger partial charge is 0.323 e. The van der Waals surface area contributed by atoms with E-state index in [2.05, 4.69) is 41.4 Å². The second-order valence-corrected chi connectivity index (χ2v) is 11.1. The summed E-state index contributed by atoms with van der Waals surface area (Å²) in [5.74, 6) is 2.00. The van der Waals surface area contributed by atoms with Crippen molar-refractivity contribution < 1.29 is 9.53 Å². The standard InChI is InChI=1S/C31H34N10O2/c42-31(35-25-9-12-32-13-10-25)34-24-5-3-23(4-6-24)28-36-29(38-30(37-28)41-20-26-7-8-27(21-41)43-26)40-16-14-39(15-17-40)19-22-2-1-11-33-18-22/h1-6,9-13,18,26-27H,7-8,14-17,19-21H2,(H2,32,34,35,42). The molecule has 2 atom stereocenters. The molecule has 3 fully saturated rings. The van der Waals surface area contributed by atoms with E-state index in [1.165, 1.54) is 5.56 Å². The first kappa shape index (κ1) is 27.2. The number of nitrogens with one attached hydrogen (secondary N) is 2. The Labute approximate surface area is 250 Å². The molecule has 0 spiro atoms. The van der Waals surface area contributed by atoms with Gasteiger partial charge in [-0.15, -0.1) is 0 Å². The van der Waals surface area contributed by atoms with Gasteiger partial charge in [-0.25, -0.2) is 4.79 Å².